The van der Waals surface area contributed by atoms with Crippen LogP contribution < -0.4 is 5.32 Å². The number of carbonyl (C=O) groups excluding carboxylic acids is 2. The van der Waals surface area contributed by atoms with E-state index < -0.39 is 11.8 Å². The first-order valence-electron chi connectivity index (χ1n) is 10.4. The minimum absolute atomic E-state index is 0.0454. The van der Waals surface area contributed by atoms with Crippen LogP contribution >= 0.6 is 34.5 Å². The Hall–Kier alpha value is -2.42. The number of anilines is 1. The molecule has 6 nitrogen and oxygen atoms in total. The zero-order valence-electron chi connectivity index (χ0n) is 18.5. The molecule has 176 valence electrons. The lowest BCUT2D eigenvalue weighted by Gasteiger charge is -2.09. The van der Waals surface area contributed by atoms with Gasteiger partial charge in [0.25, 0.3) is 5.91 Å². The Kier molecular flexibility index (Phi) is 8.51. The number of rotatable bonds is 9. The number of nitrogens with zero attached hydrogens (tertiary/aromatic N) is 2. The highest BCUT2D eigenvalue weighted by Gasteiger charge is 2.19. The lowest BCUT2D eigenvalue weighted by atomic mass is 10.1. The summed E-state index contributed by atoms with van der Waals surface area (Å²) in [4.78, 5) is 29.1. The summed E-state index contributed by atoms with van der Waals surface area (Å²) in [5, 5.41) is 3.08. The molecule has 0 radical (unpaired) electrons. The van der Waals surface area contributed by atoms with Gasteiger partial charge in [0.15, 0.2) is 5.13 Å². The molecule has 1 aromatic carbocycles. The average Bonchev–Trinajstić information content (AvgIpc) is 3.27. The first-order valence-corrected chi connectivity index (χ1v) is 12.0. The Labute approximate surface area is 205 Å². The van der Waals surface area contributed by atoms with Gasteiger partial charge in [0.2, 0.25) is 0 Å². The van der Waals surface area contributed by atoms with Crippen LogP contribution in [0.4, 0.5) is 9.52 Å². The third-order valence-electron chi connectivity index (χ3n) is 4.65. The van der Waals surface area contributed by atoms with Crippen molar-refractivity contribution in [2.75, 3.05) is 11.9 Å². The number of esters is 1. The zero-order chi connectivity index (χ0) is 24.1. The lowest BCUT2D eigenvalue weighted by molar-refractivity contribution is -0.142. The standard InChI is InChI=1S/C23H24Cl2FN3O3S/c1-4-32-20(30)10-18-21(25)33-23(27-18)28-22(31)19-9-15(7-13(2)3)12-29(19)11-14-5-6-16(24)17(26)8-14/h5-6,8-9,12-13H,4,7,10-11H2,1-3H3,(H,27,28,31). The van der Waals surface area contributed by atoms with E-state index in [4.69, 9.17) is 27.9 Å². The number of halogens is 3. The third-order valence-corrected chi connectivity index (χ3v) is 6.21. The van der Waals surface area contributed by atoms with Crippen LogP contribution in [0.15, 0.2) is 30.5 Å². The maximum absolute atomic E-state index is 13.9. The SMILES string of the molecule is CCOC(=O)Cc1nc(NC(=O)c2cc(CC(C)C)cn2Cc2ccc(Cl)c(F)c2)sc1Cl. The normalized spacial score (nSPS) is 11.1. The second-order valence-electron chi connectivity index (χ2n) is 7.88. The number of hydrogen-bond donors (Lipinski definition) is 1. The molecule has 0 aliphatic heterocycles. The summed E-state index contributed by atoms with van der Waals surface area (Å²) in [7, 11) is 0. The lowest BCUT2D eigenvalue weighted by Crippen LogP contribution is -2.17. The van der Waals surface area contributed by atoms with Gasteiger partial charge in [0.1, 0.15) is 15.8 Å². The number of benzene rings is 1. The van der Waals surface area contributed by atoms with Crippen LogP contribution in [-0.4, -0.2) is 28.0 Å². The van der Waals surface area contributed by atoms with E-state index >= 15 is 0 Å². The van der Waals surface area contributed by atoms with Crippen LogP contribution in [-0.2, 0) is 28.9 Å². The second kappa shape index (κ2) is 11.1. The molecule has 0 spiro atoms. The largest absolute Gasteiger partial charge is 0.466 e. The molecule has 0 saturated carbocycles. The minimum Gasteiger partial charge on any atom is -0.466 e. The van der Waals surface area contributed by atoms with Crippen LogP contribution in [0.1, 0.15) is 48.1 Å². The molecule has 0 fully saturated rings. The first-order chi connectivity index (χ1) is 15.7. The number of ether oxygens (including phenoxy) is 1. The van der Waals surface area contributed by atoms with E-state index in [2.05, 4.69) is 24.1 Å². The fourth-order valence-corrected chi connectivity index (χ4v) is 4.47. The van der Waals surface area contributed by atoms with E-state index in [9.17, 15) is 14.0 Å². The van der Waals surface area contributed by atoms with Crippen molar-refractivity contribution in [3.63, 3.8) is 0 Å². The molecule has 10 heteroatoms. The summed E-state index contributed by atoms with van der Waals surface area (Å²) in [5.41, 5.74) is 2.42. The molecule has 2 aromatic heterocycles. The Morgan fingerprint density at radius 3 is 2.67 bits per heavy atom. The molecule has 0 aliphatic rings. The molecule has 33 heavy (non-hydrogen) atoms. The van der Waals surface area contributed by atoms with Gasteiger partial charge < -0.3 is 9.30 Å². The van der Waals surface area contributed by atoms with Gasteiger partial charge in [-0.05, 0) is 48.6 Å². The Morgan fingerprint density at radius 2 is 2.00 bits per heavy atom. The maximum Gasteiger partial charge on any atom is 0.311 e. The highest BCUT2D eigenvalue weighted by Crippen LogP contribution is 2.29. The van der Waals surface area contributed by atoms with Crippen LogP contribution in [0, 0.1) is 11.7 Å². The van der Waals surface area contributed by atoms with E-state index in [1.807, 2.05) is 12.3 Å². The summed E-state index contributed by atoms with van der Waals surface area (Å²) in [5.74, 6) is -0.938. The van der Waals surface area contributed by atoms with Crippen LogP contribution in [0.3, 0.4) is 0 Å². The Bertz CT molecular complexity index is 1160. The van der Waals surface area contributed by atoms with Crippen LogP contribution in [0.2, 0.25) is 9.36 Å². The number of amides is 1. The highest BCUT2D eigenvalue weighted by molar-refractivity contribution is 7.19. The predicted octanol–water partition coefficient (Wildman–Crippen LogP) is 6.00. The molecule has 0 aliphatic carbocycles. The molecule has 2 heterocycles. The number of nitrogens with one attached hydrogen (secondary N) is 1. The average molecular weight is 512 g/mol. The monoisotopic (exact) mass is 511 g/mol. The van der Waals surface area contributed by atoms with Crippen molar-refractivity contribution in [2.24, 2.45) is 5.92 Å². The topological polar surface area (TPSA) is 73.2 Å². The second-order valence-corrected chi connectivity index (χ2v) is 9.89. The van der Waals surface area contributed by atoms with Crippen molar-refractivity contribution < 1.29 is 18.7 Å². The summed E-state index contributed by atoms with van der Waals surface area (Å²) in [6.07, 6.45) is 2.60. The van der Waals surface area contributed by atoms with E-state index in [1.165, 1.54) is 12.1 Å². The molecule has 0 unspecified atom stereocenters. The van der Waals surface area contributed by atoms with Crippen molar-refractivity contribution in [1.29, 1.82) is 0 Å². The van der Waals surface area contributed by atoms with Crippen molar-refractivity contribution >= 4 is 51.5 Å². The number of hydrogen-bond acceptors (Lipinski definition) is 5. The van der Waals surface area contributed by atoms with Gasteiger partial charge in [-0.15, -0.1) is 0 Å². The quantitative estimate of drug-likeness (QED) is 0.357. The predicted molar refractivity (Wildman–Crippen MR) is 129 cm³/mol. The molecular formula is C23H24Cl2FN3O3S. The zero-order valence-corrected chi connectivity index (χ0v) is 20.8. The van der Waals surface area contributed by atoms with Gasteiger partial charge in [-0.25, -0.2) is 9.37 Å². The van der Waals surface area contributed by atoms with E-state index in [0.717, 1.165) is 23.3 Å². The molecule has 0 bridgehead atoms. The van der Waals surface area contributed by atoms with Crippen molar-refractivity contribution in [3.05, 3.63) is 68.2 Å². The summed E-state index contributed by atoms with van der Waals surface area (Å²) in [6.45, 7) is 6.45. The van der Waals surface area contributed by atoms with E-state index in [-0.39, 0.29) is 29.1 Å². The molecule has 3 rings (SSSR count). The molecule has 1 amide bonds. The summed E-state index contributed by atoms with van der Waals surface area (Å²) < 4.78 is 20.9. The van der Waals surface area contributed by atoms with Crippen molar-refractivity contribution in [3.8, 4) is 0 Å². The third kappa shape index (κ3) is 6.79. The summed E-state index contributed by atoms with van der Waals surface area (Å²) >= 11 is 13.1. The molecule has 1 N–H and O–H groups in total. The molecule has 0 saturated heterocycles. The fraction of sp³-hybridized carbons (Fsp3) is 0.348. The Morgan fingerprint density at radius 1 is 1.24 bits per heavy atom. The van der Waals surface area contributed by atoms with Gasteiger partial charge in [-0.3, -0.25) is 14.9 Å². The number of aromatic nitrogens is 2. The smallest absolute Gasteiger partial charge is 0.311 e. The molecule has 3 aromatic rings. The van der Waals surface area contributed by atoms with Gasteiger partial charge in [-0.1, -0.05) is 54.5 Å². The maximum atomic E-state index is 13.9. The van der Waals surface area contributed by atoms with Gasteiger partial charge >= 0.3 is 5.97 Å². The van der Waals surface area contributed by atoms with Gasteiger partial charge in [0.05, 0.1) is 23.7 Å². The number of carbonyl (C=O) groups is 2. The Balaban J connectivity index is 1.83. The van der Waals surface area contributed by atoms with Crippen LogP contribution in [0.5, 0.6) is 0 Å². The minimum atomic E-state index is -0.513. The van der Waals surface area contributed by atoms with Crippen molar-refractivity contribution in [2.45, 2.75) is 40.2 Å². The molecular weight excluding hydrogens is 488 g/mol. The molecule has 0 atom stereocenters. The van der Waals surface area contributed by atoms with Crippen LogP contribution in [0.25, 0.3) is 0 Å². The van der Waals surface area contributed by atoms with Crippen molar-refractivity contribution in [1.82, 2.24) is 9.55 Å². The van der Waals surface area contributed by atoms with E-state index in [0.29, 0.717) is 33.8 Å². The summed E-state index contributed by atoms with van der Waals surface area (Å²) in [6, 6.07) is 6.38. The highest BCUT2D eigenvalue weighted by atomic mass is 35.5. The first kappa shape index (κ1) is 25.2. The van der Waals surface area contributed by atoms with E-state index in [1.54, 1.807) is 17.6 Å². The van der Waals surface area contributed by atoms with Gasteiger partial charge in [0, 0.05) is 12.7 Å². The van der Waals surface area contributed by atoms with Gasteiger partial charge in [-0.2, -0.15) is 0 Å². The fourth-order valence-electron chi connectivity index (χ4n) is 3.32. The number of thiazole rings is 1.